The number of benzene rings is 1. The van der Waals surface area contributed by atoms with E-state index in [4.69, 9.17) is 9.15 Å². The molecule has 0 bridgehead atoms. The van der Waals surface area contributed by atoms with Gasteiger partial charge in [-0.25, -0.2) is 4.79 Å². The summed E-state index contributed by atoms with van der Waals surface area (Å²) in [4.78, 5) is 35.3. The molecule has 2 heterocycles. The summed E-state index contributed by atoms with van der Waals surface area (Å²) < 4.78 is 9.62. The first-order chi connectivity index (χ1) is 12.5. The van der Waals surface area contributed by atoms with Gasteiger partial charge in [-0.1, -0.05) is 36.4 Å². The summed E-state index contributed by atoms with van der Waals surface area (Å²) in [5, 5.41) is 10.5. The Labute approximate surface area is 148 Å². The van der Waals surface area contributed by atoms with E-state index < -0.39 is 23.4 Å². The SMILES string of the molecule is O=C(OCC(=O)N1CC=C(c2ccccc2)CC1)c1ccc([N+](=O)[O-])o1. The second-order valence-electron chi connectivity index (χ2n) is 5.66. The standard InChI is InChI=1S/C18H16N2O6/c21-16(12-25-18(22)15-6-7-17(26-15)20(23)24)19-10-8-14(9-11-19)13-4-2-1-3-5-13/h1-8H,9-12H2. The highest BCUT2D eigenvalue weighted by Crippen LogP contribution is 2.22. The summed E-state index contributed by atoms with van der Waals surface area (Å²) in [6, 6.07) is 12.1. The predicted molar refractivity (Wildman–Crippen MR) is 91.3 cm³/mol. The van der Waals surface area contributed by atoms with Gasteiger partial charge in [0.1, 0.15) is 4.92 Å². The van der Waals surface area contributed by atoms with Crippen LogP contribution in [0.5, 0.6) is 0 Å². The van der Waals surface area contributed by atoms with E-state index in [0.717, 1.165) is 17.7 Å². The Morgan fingerprint density at radius 3 is 2.58 bits per heavy atom. The number of nitrogens with zero attached hydrogens (tertiary/aromatic N) is 2. The van der Waals surface area contributed by atoms with Crippen molar-refractivity contribution in [2.45, 2.75) is 6.42 Å². The zero-order chi connectivity index (χ0) is 18.5. The third kappa shape index (κ3) is 3.97. The Morgan fingerprint density at radius 2 is 1.96 bits per heavy atom. The molecule has 0 saturated carbocycles. The van der Waals surface area contributed by atoms with Crippen LogP contribution in [-0.4, -0.2) is 41.4 Å². The molecule has 1 aromatic carbocycles. The van der Waals surface area contributed by atoms with Crippen LogP contribution < -0.4 is 0 Å². The molecular formula is C18H16N2O6. The molecule has 0 spiro atoms. The first-order valence-corrected chi connectivity index (χ1v) is 7.98. The molecule has 0 atom stereocenters. The third-order valence-corrected chi connectivity index (χ3v) is 4.01. The number of nitro groups is 1. The highest BCUT2D eigenvalue weighted by atomic mass is 16.7. The summed E-state index contributed by atoms with van der Waals surface area (Å²) in [7, 11) is 0. The molecule has 0 N–H and O–H groups in total. The van der Waals surface area contributed by atoms with Crippen LogP contribution in [0.1, 0.15) is 22.5 Å². The summed E-state index contributed by atoms with van der Waals surface area (Å²) >= 11 is 0. The Hall–Kier alpha value is -3.42. The van der Waals surface area contributed by atoms with Gasteiger partial charge in [-0.15, -0.1) is 0 Å². The van der Waals surface area contributed by atoms with Crippen LogP contribution in [0.15, 0.2) is 53.0 Å². The average molecular weight is 356 g/mol. The van der Waals surface area contributed by atoms with Crippen molar-refractivity contribution in [2.24, 2.45) is 0 Å². The van der Waals surface area contributed by atoms with Crippen LogP contribution in [-0.2, 0) is 9.53 Å². The van der Waals surface area contributed by atoms with Gasteiger partial charge in [0.05, 0.1) is 6.07 Å². The normalized spacial score (nSPS) is 13.8. The lowest BCUT2D eigenvalue weighted by Crippen LogP contribution is -2.37. The molecule has 1 aliphatic heterocycles. The summed E-state index contributed by atoms with van der Waals surface area (Å²) in [5.41, 5.74) is 2.31. The van der Waals surface area contributed by atoms with Crippen molar-refractivity contribution in [1.29, 1.82) is 0 Å². The number of carbonyl (C=O) groups is 2. The number of carbonyl (C=O) groups excluding carboxylic acids is 2. The monoisotopic (exact) mass is 356 g/mol. The number of hydrogen-bond donors (Lipinski definition) is 0. The van der Waals surface area contributed by atoms with E-state index in [1.165, 1.54) is 5.57 Å². The minimum atomic E-state index is -0.913. The summed E-state index contributed by atoms with van der Waals surface area (Å²) in [5.74, 6) is -2.11. The van der Waals surface area contributed by atoms with Crippen molar-refractivity contribution in [2.75, 3.05) is 19.7 Å². The maximum Gasteiger partial charge on any atom is 0.433 e. The molecular weight excluding hydrogens is 340 g/mol. The van der Waals surface area contributed by atoms with Gasteiger partial charge in [-0.2, -0.15) is 0 Å². The highest BCUT2D eigenvalue weighted by Gasteiger charge is 2.22. The highest BCUT2D eigenvalue weighted by molar-refractivity contribution is 5.89. The van der Waals surface area contributed by atoms with Gasteiger partial charge in [0.15, 0.2) is 6.61 Å². The Bertz CT molecular complexity index is 856. The van der Waals surface area contributed by atoms with Gasteiger partial charge in [-0.05, 0) is 23.6 Å². The average Bonchev–Trinajstić information content (AvgIpc) is 3.17. The van der Waals surface area contributed by atoms with Crippen LogP contribution >= 0.6 is 0 Å². The van der Waals surface area contributed by atoms with E-state index in [-0.39, 0.29) is 11.7 Å². The minimum absolute atomic E-state index is 0.311. The molecule has 1 aliphatic rings. The van der Waals surface area contributed by atoms with E-state index in [0.29, 0.717) is 19.5 Å². The quantitative estimate of drug-likeness (QED) is 0.463. The number of ether oxygens (including phenoxy) is 1. The van der Waals surface area contributed by atoms with E-state index in [2.05, 4.69) is 0 Å². The fraction of sp³-hybridized carbons (Fsp3) is 0.222. The Kier molecular flexibility index (Phi) is 5.12. The van der Waals surface area contributed by atoms with Crippen LogP contribution in [0, 0.1) is 10.1 Å². The lowest BCUT2D eigenvalue weighted by Gasteiger charge is -2.26. The number of furan rings is 1. The van der Waals surface area contributed by atoms with Crippen molar-refractivity contribution < 1.29 is 23.7 Å². The molecule has 26 heavy (non-hydrogen) atoms. The van der Waals surface area contributed by atoms with E-state index in [1.807, 2.05) is 36.4 Å². The maximum absolute atomic E-state index is 12.2. The van der Waals surface area contributed by atoms with Gasteiger partial charge < -0.3 is 14.1 Å². The molecule has 0 saturated heterocycles. The second-order valence-corrected chi connectivity index (χ2v) is 5.66. The number of rotatable bonds is 5. The predicted octanol–water partition coefficient (Wildman–Crippen LogP) is 2.66. The molecule has 1 amide bonds. The first-order valence-electron chi connectivity index (χ1n) is 7.98. The number of hydrogen-bond acceptors (Lipinski definition) is 6. The van der Waals surface area contributed by atoms with Crippen molar-refractivity contribution in [3.63, 3.8) is 0 Å². The summed E-state index contributed by atoms with van der Waals surface area (Å²) in [6.45, 7) is 0.526. The fourth-order valence-electron chi connectivity index (χ4n) is 2.64. The van der Waals surface area contributed by atoms with Crippen molar-refractivity contribution in [1.82, 2.24) is 4.90 Å². The lowest BCUT2D eigenvalue weighted by atomic mass is 10.00. The topological polar surface area (TPSA) is 103 Å². The van der Waals surface area contributed by atoms with Gasteiger partial charge in [-0.3, -0.25) is 14.9 Å². The molecule has 1 aromatic heterocycles. The number of esters is 1. The van der Waals surface area contributed by atoms with E-state index in [9.17, 15) is 19.7 Å². The molecule has 8 heteroatoms. The number of amides is 1. The molecule has 0 unspecified atom stereocenters. The van der Waals surface area contributed by atoms with Gasteiger partial charge in [0, 0.05) is 13.1 Å². The van der Waals surface area contributed by atoms with Crippen molar-refractivity contribution in [3.05, 3.63) is 70.0 Å². The summed E-state index contributed by atoms with van der Waals surface area (Å²) in [6.07, 6.45) is 2.70. The van der Waals surface area contributed by atoms with Gasteiger partial charge in [0.25, 0.3) is 5.91 Å². The molecule has 8 nitrogen and oxygen atoms in total. The largest absolute Gasteiger partial charge is 0.450 e. The van der Waals surface area contributed by atoms with Gasteiger partial charge in [0.2, 0.25) is 5.76 Å². The van der Waals surface area contributed by atoms with Crippen LogP contribution in [0.3, 0.4) is 0 Å². The third-order valence-electron chi connectivity index (χ3n) is 4.01. The van der Waals surface area contributed by atoms with E-state index in [1.54, 1.807) is 4.90 Å². The first kappa shape index (κ1) is 17.4. The van der Waals surface area contributed by atoms with Crippen molar-refractivity contribution in [3.8, 4) is 0 Å². The van der Waals surface area contributed by atoms with Gasteiger partial charge >= 0.3 is 11.9 Å². The van der Waals surface area contributed by atoms with Crippen molar-refractivity contribution >= 4 is 23.3 Å². The fourth-order valence-corrected chi connectivity index (χ4v) is 2.64. The van der Waals surface area contributed by atoms with Crippen LogP contribution in [0.2, 0.25) is 0 Å². The Balaban J connectivity index is 1.52. The minimum Gasteiger partial charge on any atom is -0.450 e. The molecule has 0 aliphatic carbocycles. The smallest absolute Gasteiger partial charge is 0.433 e. The zero-order valence-electron chi connectivity index (χ0n) is 13.8. The lowest BCUT2D eigenvalue weighted by molar-refractivity contribution is -0.402. The Morgan fingerprint density at radius 1 is 1.19 bits per heavy atom. The molecule has 134 valence electrons. The second kappa shape index (κ2) is 7.64. The molecule has 0 fully saturated rings. The molecule has 0 radical (unpaired) electrons. The van der Waals surface area contributed by atoms with E-state index >= 15 is 0 Å². The van der Waals surface area contributed by atoms with Crippen LogP contribution in [0.4, 0.5) is 5.88 Å². The maximum atomic E-state index is 12.2. The van der Waals surface area contributed by atoms with Crippen LogP contribution in [0.25, 0.3) is 5.57 Å². The zero-order valence-corrected chi connectivity index (χ0v) is 13.8. The molecule has 2 aromatic rings. The molecule has 3 rings (SSSR count).